The van der Waals surface area contributed by atoms with Crippen molar-refractivity contribution < 1.29 is 13.5 Å². The van der Waals surface area contributed by atoms with Gasteiger partial charge in [-0.1, -0.05) is 38.7 Å². The summed E-state index contributed by atoms with van der Waals surface area (Å²) in [7, 11) is 0. The van der Waals surface area contributed by atoms with Crippen molar-refractivity contribution in [2.24, 2.45) is 0 Å². The van der Waals surface area contributed by atoms with Gasteiger partial charge in [0.1, 0.15) is 24.3 Å². The van der Waals surface area contributed by atoms with Crippen LogP contribution in [-0.2, 0) is 0 Å². The van der Waals surface area contributed by atoms with Crippen LogP contribution in [-0.4, -0.2) is 12.8 Å². The lowest BCUT2D eigenvalue weighted by molar-refractivity contribution is 0.183. The number of rotatable bonds is 8. The van der Waals surface area contributed by atoms with Gasteiger partial charge in [0, 0.05) is 6.07 Å². The Morgan fingerprint density at radius 1 is 1.24 bits per heavy atom. The molecular formula is C14H20F2O. The average molecular weight is 242 g/mol. The Bertz CT molecular complexity index is 315. The highest BCUT2D eigenvalue weighted by atomic mass is 19.1. The molecule has 0 saturated heterocycles. The molecule has 1 aromatic carbocycles. The van der Waals surface area contributed by atoms with E-state index in [1.807, 2.05) is 0 Å². The fourth-order valence-corrected chi connectivity index (χ4v) is 1.62. The number of alkyl halides is 1. The van der Waals surface area contributed by atoms with E-state index in [0.29, 0.717) is 12.2 Å². The average Bonchev–Trinajstić information content (AvgIpc) is 2.32. The van der Waals surface area contributed by atoms with Crippen LogP contribution >= 0.6 is 0 Å². The van der Waals surface area contributed by atoms with Crippen LogP contribution in [0.15, 0.2) is 24.3 Å². The first-order chi connectivity index (χ1) is 8.22. The monoisotopic (exact) mass is 242 g/mol. The van der Waals surface area contributed by atoms with Crippen molar-refractivity contribution in [3.8, 4) is 5.75 Å². The van der Waals surface area contributed by atoms with E-state index in [0.717, 1.165) is 25.7 Å². The maximum Gasteiger partial charge on any atom is 0.134 e. The molecule has 0 fully saturated rings. The highest BCUT2D eigenvalue weighted by molar-refractivity contribution is 5.22. The first-order valence-electron chi connectivity index (χ1n) is 6.24. The van der Waals surface area contributed by atoms with Crippen LogP contribution in [0.4, 0.5) is 8.78 Å². The number of benzene rings is 1. The molecule has 1 unspecified atom stereocenters. The Morgan fingerprint density at radius 2 is 2.06 bits per heavy atom. The summed E-state index contributed by atoms with van der Waals surface area (Å²) in [4.78, 5) is 0. The van der Waals surface area contributed by atoms with Gasteiger partial charge in [-0.15, -0.1) is 0 Å². The first kappa shape index (κ1) is 13.9. The number of hydrogen-bond acceptors (Lipinski definition) is 1. The topological polar surface area (TPSA) is 9.23 Å². The lowest BCUT2D eigenvalue weighted by Gasteiger charge is -2.10. The molecule has 1 aromatic rings. The van der Waals surface area contributed by atoms with Crippen LogP contribution in [0, 0.1) is 5.82 Å². The van der Waals surface area contributed by atoms with Gasteiger partial charge in [-0.3, -0.25) is 0 Å². The molecule has 3 heteroatoms. The van der Waals surface area contributed by atoms with Crippen LogP contribution in [0.2, 0.25) is 0 Å². The van der Waals surface area contributed by atoms with Gasteiger partial charge in [0.25, 0.3) is 0 Å². The van der Waals surface area contributed by atoms with Crippen molar-refractivity contribution in [3.05, 3.63) is 30.1 Å². The summed E-state index contributed by atoms with van der Waals surface area (Å²) >= 11 is 0. The third-order valence-electron chi connectivity index (χ3n) is 2.60. The van der Waals surface area contributed by atoms with Gasteiger partial charge in [0.15, 0.2) is 0 Å². The Kier molecular flexibility index (Phi) is 6.60. The summed E-state index contributed by atoms with van der Waals surface area (Å²) in [5.41, 5.74) is 0. The van der Waals surface area contributed by atoms with Gasteiger partial charge in [0.2, 0.25) is 0 Å². The predicted octanol–water partition coefficient (Wildman–Crippen LogP) is 4.51. The van der Waals surface area contributed by atoms with E-state index in [2.05, 4.69) is 6.92 Å². The normalized spacial score (nSPS) is 12.4. The molecule has 0 amide bonds. The molecule has 0 aliphatic heterocycles. The summed E-state index contributed by atoms with van der Waals surface area (Å²) in [6.45, 7) is 2.13. The molecule has 1 atom stereocenters. The number of halogens is 2. The summed E-state index contributed by atoms with van der Waals surface area (Å²) in [5, 5.41) is 0. The van der Waals surface area contributed by atoms with E-state index in [4.69, 9.17) is 4.74 Å². The molecule has 0 N–H and O–H groups in total. The molecule has 0 radical (unpaired) electrons. The van der Waals surface area contributed by atoms with Gasteiger partial charge < -0.3 is 4.74 Å². The Hall–Kier alpha value is -1.12. The van der Waals surface area contributed by atoms with Gasteiger partial charge in [0.05, 0.1) is 0 Å². The van der Waals surface area contributed by atoms with Crippen LogP contribution < -0.4 is 4.74 Å². The third-order valence-corrected chi connectivity index (χ3v) is 2.60. The zero-order valence-corrected chi connectivity index (χ0v) is 10.3. The second-order valence-electron chi connectivity index (χ2n) is 4.21. The van der Waals surface area contributed by atoms with Crippen LogP contribution in [0.5, 0.6) is 5.75 Å². The number of ether oxygens (including phenoxy) is 1. The van der Waals surface area contributed by atoms with E-state index in [9.17, 15) is 8.78 Å². The first-order valence-corrected chi connectivity index (χ1v) is 6.24. The Labute approximate surface area is 102 Å². The lowest BCUT2D eigenvalue weighted by Crippen LogP contribution is -2.12. The van der Waals surface area contributed by atoms with Crippen molar-refractivity contribution in [3.63, 3.8) is 0 Å². The van der Waals surface area contributed by atoms with Crippen molar-refractivity contribution in [1.29, 1.82) is 0 Å². The van der Waals surface area contributed by atoms with Crippen LogP contribution in [0.25, 0.3) is 0 Å². The molecular weight excluding hydrogens is 222 g/mol. The smallest absolute Gasteiger partial charge is 0.134 e. The van der Waals surface area contributed by atoms with Crippen LogP contribution in [0.1, 0.15) is 39.0 Å². The van der Waals surface area contributed by atoms with Gasteiger partial charge >= 0.3 is 0 Å². The fourth-order valence-electron chi connectivity index (χ4n) is 1.62. The van der Waals surface area contributed by atoms with Crippen molar-refractivity contribution in [2.75, 3.05) is 6.61 Å². The van der Waals surface area contributed by atoms with Crippen molar-refractivity contribution in [2.45, 2.75) is 45.2 Å². The fraction of sp³-hybridized carbons (Fsp3) is 0.571. The molecule has 0 spiro atoms. The van der Waals surface area contributed by atoms with Gasteiger partial charge in [-0.25, -0.2) is 8.78 Å². The second kappa shape index (κ2) is 8.04. The Morgan fingerprint density at radius 3 is 2.76 bits per heavy atom. The third kappa shape index (κ3) is 6.25. The molecule has 17 heavy (non-hydrogen) atoms. The van der Waals surface area contributed by atoms with E-state index < -0.39 is 6.17 Å². The highest BCUT2D eigenvalue weighted by Crippen LogP contribution is 2.14. The minimum atomic E-state index is -0.963. The second-order valence-corrected chi connectivity index (χ2v) is 4.21. The van der Waals surface area contributed by atoms with Crippen molar-refractivity contribution >= 4 is 0 Å². The SMILES string of the molecule is CCCCCCC(F)COc1cccc(F)c1. The standard InChI is InChI=1S/C14H20F2O/c1-2-3-4-5-7-13(16)11-17-14-9-6-8-12(15)10-14/h6,8-10,13H,2-5,7,11H2,1H3. The summed E-state index contributed by atoms with van der Waals surface area (Å²) in [6.07, 6.45) is 3.82. The van der Waals surface area contributed by atoms with Crippen molar-refractivity contribution in [1.82, 2.24) is 0 Å². The maximum absolute atomic E-state index is 13.4. The minimum absolute atomic E-state index is 0.00950. The molecule has 1 rings (SSSR count). The number of hydrogen-bond donors (Lipinski definition) is 0. The minimum Gasteiger partial charge on any atom is -0.490 e. The molecule has 0 bridgehead atoms. The molecule has 0 heterocycles. The lowest BCUT2D eigenvalue weighted by atomic mass is 10.1. The highest BCUT2D eigenvalue weighted by Gasteiger charge is 2.07. The molecule has 0 aromatic heterocycles. The molecule has 1 nitrogen and oxygen atoms in total. The predicted molar refractivity (Wildman–Crippen MR) is 65.6 cm³/mol. The summed E-state index contributed by atoms with van der Waals surface area (Å²) < 4.78 is 31.4. The molecule has 0 aliphatic rings. The largest absolute Gasteiger partial charge is 0.490 e. The van der Waals surface area contributed by atoms with E-state index in [-0.39, 0.29) is 12.4 Å². The molecule has 96 valence electrons. The zero-order chi connectivity index (χ0) is 12.5. The zero-order valence-electron chi connectivity index (χ0n) is 10.3. The quantitative estimate of drug-likeness (QED) is 0.609. The van der Waals surface area contributed by atoms with Crippen LogP contribution in [0.3, 0.4) is 0 Å². The number of unbranched alkanes of at least 4 members (excludes halogenated alkanes) is 3. The molecule has 0 aliphatic carbocycles. The van der Waals surface area contributed by atoms with E-state index in [1.54, 1.807) is 12.1 Å². The van der Waals surface area contributed by atoms with Gasteiger partial charge in [-0.2, -0.15) is 0 Å². The summed E-state index contributed by atoms with van der Waals surface area (Å²) in [5.74, 6) is 0.0297. The summed E-state index contributed by atoms with van der Waals surface area (Å²) in [6, 6.07) is 5.79. The van der Waals surface area contributed by atoms with E-state index >= 15 is 0 Å². The van der Waals surface area contributed by atoms with E-state index in [1.165, 1.54) is 12.1 Å². The maximum atomic E-state index is 13.4. The Balaban J connectivity index is 2.17. The van der Waals surface area contributed by atoms with Gasteiger partial charge in [-0.05, 0) is 18.6 Å². The molecule has 0 saturated carbocycles.